The van der Waals surface area contributed by atoms with Crippen molar-refractivity contribution in [3.63, 3.8) is 0 Å². The molecule has 0 aliphatic carbocycles. The zero-order chi connectivity index (χ0) is 51.0. The molecule has 0 saturated carbocycles. The summed E-state index contributed by atoms with van der Waals surface area (Å²) >= 11 is 6.23. The number of benzene rings is 2. The van der Waals surface area contributed by atoms with E-state index in [1.807, 2.05) is 53.6 Å². The maximum atomic E-state index is 13.9. The highest BCUT2D eigenvalue weighted by atomic mass is 35.5. The predicted molar refractivity (Wildman–Crippen MR) is 272 cm³/mol. The average Bonchev–Trinajstić information content (AvgIpc) is 4.03. The molecule has 4 aromatic rings. The van der Waals surface area contributed by atoms with Gasteiger partial charge in [-0.2, -0.15) is 0 Å². The van der Waals surface area contributed by atoms with E-state index < -0.39 is 17.5 Å². The first-order valence-electron chi connectivity index (χ1n) is 25.3. The minimum atomic E-state index is -1.02. The summed E-state index contributed by atoms with van der Waals surface area (Å²) in [6, 6.07) is 14.1. The average molecular weight is 1030 g/mol. The Labute approximate surface area is 430 Å². The number of rotatable bonds is 27. The van der Waals surface area contributed by atoms with Gasteiger partial charge < -0.3 is 59.7 Å². The van der Waals surface area contributed by atoms with Crippen LogP contribution in [0.2, 0.25) is 5.02 Å². The molecular weight excluding hydrogens is 962 g/mol. The van der Waals surface area contributed by atoms with Crippen molar-refractivity contribution in [3.8, 4) is 0 Å². The highest BCUT2D eigenvalue weighted by Gasteiger charge is 2.41. The van der Waals surface area contributed by atoms with Crippen molar-refractivity contribution in [1.29, 1.82) is 0 Å². The number of hydrogen-bond donors (Lipinski definition) is 5. The largest absolute Gasteiger partial charge is 0.382 e. The van der Waals surface area contributed by atoms with Crippen molar-refractivity contribution in [2.45, 2.75) is 62.7 Å². The molecule has 0 bridgehead atoms. The van der Waals surface area contributed by atoms with Crippen molar-refractivity contribution in [3.05, 3.63) is 82.8 Å². The molecule has 5 amide bonds. The van der Waals surface area contributed by atoms with Gasteiger partial charge in [-0.15, -0.1) is 0 Å². The number of fused-ring (bicyclic) bond motifs is 2. The maximum Gasteiger partial charge on any atom is 0.255 e. The number of aromatic amines is 1. The van der Waals surface area contributed by atoms with Crippen LogP contribution in [0.3, 0.4) is 0 Å². The molecule has 3 saturated heterocycles. The number of amides is 5. The second-order valence-corrected chi connectivity index (χ2v) is 19.1. The van der Waals surface area contributed by atoms with Crippen LogP contribution in [0.25, 0.3) is 11.0 Å². The van der Waals surface area contributed by atoms with Gasteiger partial charge in [0.1, 0.15) is 23.8 Å². The number of carbonyl (C=O) groups is 5. The Balaban J connectivity index is 0.614. The van der Waals surface area contributed by atoms with Gasteiger partial charge in [-0.05, 0) is 61.6 Å². The van der Waals surface area contributed by atoms with Gasteiger partial charge in [0.25, 0.3) is 5.91 Å². The molecule has 2 unspecified atom stereocenters. The Morgan fingerprint density at radius 2 is 1.49 bits per heavy atom. The molecule has 0 spiro atoms. The Hall–Kier alpha value is -5.78. The molecule has 4 aliphatic rings. The normalized spacial score (nSPS) is 18.5. The van der Waals surface area contributed by atoms with Crippen molar-refractivity contribution >= 4 is 63.7 Å². The standard InChI is InChI=1S/C51H68ClN11O10/c52-37-6-4-36(5-7-37)41(58-50(68)51(53)13-18-62(19-14-51)47-39-10-15-55-46(39)56-35-57-47)11-17-60-20-22-61(23-21-60)45(65)12-24-69-26-28-71-30-32-73-33-31-72-29-27-70-25-16-54-42-3-1-2-38-40(42)34-63(49(38)67)43-8-9-44(64)59-48(43)66/h1-7,10,15,35,41,43,54H,8-9,11-14,16-34,53H2,(H,58,68)(H,55,56,57)(H,59,64,66). The molecule has 6 N–H and O–H groups in total. The van der Waals surface area contributed by atoms with Gasteiger partial charge in [-0.25, -0.2) is 9.97 Å². The van der Waals surface area contributed by atoms with Crippen LogP contribution in [0, 0.1) is 0 Å². The van der Waals surface area contributed by atoms with Gasteiger partial charge in [0, 0.05) is 93.4 Å². The SMILES string of the molecule is NC1(C(=O)NC(CCN2CCN(C(=O)CCOCCOCCOCCOCCOCCNc3cccc4c3CN(C3CCC(=O)NC3=O)C4=O)CC2)c2ccc(Cl)cc2)CCN(c2ncnc3[nH]ccc23)CC1. The first kappa shape index (κ1) is 53.5. The second-order valence-electron chi connectivity index (χ2n) is 18.6. The van der Waals surface area contributed by atoms with E-state index in [2.05, 4.69) is 40.7 Å². The summed E-state index contributed by atoms with van der Waals surface area (Å²) in [5.41, 5.74) is 9.75. The molecule has 0 radical (unpaired) electrons. The van der Waals surface area contributed by atoms with Crippen LogP contribution in [0.1, 0.15) is 66.1 Å². The fraction of sp³-hybridized carbons (Fsp3) is 0.549. The third kappa shape index (κ3) is 14.5. The second kappa shape index (κ2) is 26.4. The minimum Gasteiger partial charge on any atom is -0.382 e. The van der Waals surface area contributed by atoms with E-state index in [9.17, 15) is 24.0 Å². The number of hydrogen-bond acceptors (Lipinski definition) is 16. The van der Waals surface area contributed by atoms with Crippen molar-refractivity contribution in [2.24, 2.45) is 5.73 Å². The topological polar surface area (TPSA) is 248 Å². The Morgan fingerprint density at radius 3 is 2.18 bits per heavy atom. The molecule has 22 heteroatoms. The van der Waals surface area contributed by atoms with Crippen LogP contribution in [0.15, 0.2) is 61.1 Å². The third-order valence-corrected chi connectivity index (χ3v) is 14.1. The van der Waals surface area contributed by atoms with E-state index in [4.69, 9.17) is 41.0 Å². The number of aromatic nitrogens is 3. The van der Waals surface area contributed by atoms with E-state index in [1.54, 1.807) is 12.4 Å². The zero-order valence-electron chi connectivity index (χ0n) is 41.3. The number of anilines is 2. The number of halogens is 1. The van der Waals surface area contributed by atoms with Crippen molar-refractivity contribution in [1.82, 2.24) is 40.3 Å². The van der Waals surface area contributed by atoms with Crippen LogP contribution in [-0.4, -0.2) is 189 Å². The van der Waals surface area contributed by atoms with Gasteiger partial charge in [-0.3, -0.25) is 34.2 Å². The number of ether oxygens (including phenoxy) is 5. The zero-order valence-corrected chi connectivity index (χ0v) is 42.1. The molecule has 3 fully saturated rings. The summed E-state index contributed by atoms with van der Waals surface area (Å²) in [5.74, 6) is -0.208. The number of H-pyrrole nitrogens is 1. The lowest BCUT2D eigenvalue weighted by Gasteiger charge is -2.39. The number of imide groups is 1. The number of nitrogens with zero attached hydrogens (tertiary/aromatic N) is 6. The number of piperidine rings is 2. The van der Waals surface area contributed by atoms with E-state index in [0.29, 0.717) is 148 Å². The van der Waals surface area contributed by atoms with E-state index in [-0.39, 0.29) is 36.1 Å². The fourth-order valence-corrected chi connectivity index (χ4v) is 9.74. The summed E-state index contributed by atoms with van der Waals surface area (Å²) < 4.78 is 28.2. The van der Waals surface area contributed by atoms with Crippen LogP contribution in [0.4, 0.5) is 11.5 Å². The first-order valence-corrected chi connectivity index (χ1v) is 25.7. The molecule has 4 aliphatic heterocycles. The Morgan fingerprint density at radius 1 is 0.822 bits per heavy atom. The molecule has 73 heavy (non-hydrogen) atoms. The Bertz CT molecular complexity index is 2480. The minimum absolute atomic E-state index is 0.0656. The molecular formula is C51H68ClN11O10. The number of nitrogens with one attached hydrogen (secondary N) is 4. The highest BCUT2D eigenvalue weighted by Crippen LogP contribution is 2.33. The van der Waals surface area contributed by atoms with E-state index in [1.165, 1.54) is 4.90 Å². The van der Waals surface area contributed by atoms with Gasteiger partial charge in [0.15, 0.2) is 0 Å². The van der Waals surface area contributed by atoms with Crippen molar-refractivity contribution < 1.29 is 47.7 Å². The molecule has 8 rings (SSSR count). The molecule has 2 aromatic carbocycles. The predicted octanol–water partition coefficient (Wildman–Crippen LogP) is 2.65. The van der Waals surface area contributed by atoms with Crippen LogP contribution in [-0.2, 0) is 49.4 Å². The van der Waals surface area contributed by atoms with Gasteiger partial charge in [0.05, 0.1) is 89.5 Å². The fourth-order valence-electron chi connectivity index (χ4n) is 9.62. The lowest BCUT2D eigenvalue weighted by molar-refractivity contribution is -0.137. The number of piperazine rings is 1. The van der Waals surface area contributed by atoms with Crippen molar-refractivity contribution in [2.75, 3.05) is 129 Å². The molecule has 2 aromatic heterocycles. The van der Waals surface area contributed by atoms with E-state index in [0.717, 1.165) is 53.3 Å². The summed E-state index contributed by atoms with van der Waals surface area (Å²) in [6.07, 6.45) is 5.88. The maximum absolute atomic E-state index is 13.9. The van der Waals surface area contributed by atoms with Crippen LogP contribution < -0.4 is 26.6 Å². The highest BCUT2D eigenvalue weighted by molar-refractivity contribution is 6.30. The third-order valence-electron chi connectivity index (χ3n) is 13.9. The van der Waals surface area contributed by atoms with Crippen LogP contribution >= 0.6 is 11.6 Å². The monoisotopic (exact) mass is 1030 g/mol. The summed E-state index contributed by atoms with van der Waals surface area (Å²) in [7, 11) is 0. The molecule has 6 heterocycles. The van der Waals surface area contributed by atoms with Gasteiger partial charge in [-0.1, -0.05) is 29.8 Å². The number of nitrogens with two attached hydrogens (primary N) is 1. The van der Waals surface area contributed by atoms with E-state index >= 15 is 0 Å². The Kier molecular flexibility index (Phi) is 19.4. The quantitative estimate of drug-likeness (QED) is 0.0426. The lowest BCUT2D eigenvalue weighted by Crippen LogP contribution is -2.60. The van der Waals surface area contributed by atoms with Gasteiger partial charge in [0.2, 0.25) is 23.6 Å². The molecule has 21 nitrogen and oxygen atoms in total. The van der Waals surface area contributed by atoms with Gasteiger partial charge >= 0.3 is 0 Å². The van der Waals surface area contributed by atoms with Crippen LogP contribution in [0.5, 0.6) is 0 Å². The summed E-state index contributed by atoms with van der Waals surface area (Å²) in [4.78, 5) is 83.7. The molecule has 394 valence electrons. The lowest BCUT2D eigenvalue weighted by atomic mass is 9.87. The first-order chi connectivity index (χ1) is 35.6. The smallest absolute Gasteiger partial charge is 0.255 e. The summed E-state index contributed by atoms with van der Waals surface area (Å²) in [5, 5.41) is 10.5. The summed E-state index contributed by atoms with van der Waals surface area (Å²) in [6.45, 7) is 9.54. The molecule has 2 atom stereocenters. The number of carbonyl (C=O) groups excluding carboxylic acids is 5.